The molecule has 3 aromatic rings. The van der Waals surface area contributed by atoms with Gasteiger partial charge in [-0.25, -0.2) is 8.42 Å². The van der Waals surface area contributed by atoms with E-state index in [1.807, 2.05) is 19.1 Å². The fraction of sp³-hybridized carbons (Fsp3) is 0.211. The van der Waals surface area contributed by atoms with Gasteiger partial charge in [0.05, 0.1) is 15.5 Å². The number of benzene rings is 2. The molecule has 0 saturated carbocycles. The molecular weight excluding hydrogens is 368 g/mol. The van der Waals surface area contributed by atoms with Crippen LogP contribution in [-0.4, -0.2) is 27.9 Å². The summed E-state index contributed by atoms with van der Waals surface area (Å²) in [6.07, 6.45) is 0. The molecule has 0 radical (unpaired) electrons. The molecule has 0 atom stereocenters. The molecule has 2 aromatic carbocycles. The molecule has 5 nitrogen and oxygen atoms in total. The zero-order valence-electron chi connectivity index (χ0n) is 14.8. The molecule has 136 valence electrons. The lowest BCUT2D eigenvalue weighted by molar-refractivity contribution is 0.0967. The molecule has 0 unspecified atom stereocenters. The molecule has 1 amide bonds. The summed E-state index contributed by atoms with van der Waals surface area (Å²) < 4.78 is 28.4. The molecule has 7 heteroatoms. The van der Waals surface area contributed by atoms with Crippen LogP contribution in [-0.2, 0) is 10.0 Å². The second kappa shape index (κ2) is 7.09. The van der Waals surface area contributed by atoms with Gasteiger partial charge in [-0.15, -0.1) is 11.3 Å². The van der Waals surface area contributed by atoms with Crippen molar-refractivity contribution in [3.63, 3.8) is 0 Å². The maximum atomic E-state index is 13.0. The first-order valence-electron chi connectivity index (χ1n) is 8.22. The van der Waals surface area contributed by atoms with E-state index in [1.165, 1.54) is 15.6 Å². The minimum atomic E-state index is -3.65. The molecule has 0 aliphatic carbocycles. The van der Waals surface area contributed by atoms with Crippen LogP contribution in [0.3, 0.4) is 0 Å². The monoisotopic (exact) mass is 388 g/mol. The molecule has 0 saturated heterocycles. The minimum Gasteiger partial charge on any atom is -0.354 e. The molecule has 0 bridgehead atoms. The van der Waals surface area contributed by atoms with Gasteiger partial charge in [0.1, 0.15) is 0 Å². The highest BCUT2D eigenvalue weighted by Crippen LogP contribution is 2.31. The lowest BCUT2D eigenvalue weighted by Crippen LogP contribution is -2.30. The summed E-state index contributed by atoms with van der Waals surface area (Å²) in [7, 11) is -2.06. The summed E-state index contributed by atoms with van der Waals surface area (Å²) in [5.41, 5.74) is 1.59. The molecule has 1 aromatic heterocycles. The Morgan fingerprint density at radius 1 is 1.12 bits per heavy atom. The molecule has 1 N–H and O–H groups in total. The molecule has 0 aliphatic heterocycles. The van der Waals surface area contributed by atoms with Gasteiger partial charge < -0.3 is 5.32 Å². The molecule has 0 spiro atoms. The SMILES string of the molecule is CCN(c1ccc2sc(C(=O)NC)cc2c1)S(=O)(=O)c1ccc(C)cc1. The van der Waals surface area contributed by atoms with E-state index in [4.69, 9.17) is 0 Å². The van der Waals surface area contributed by atoms with Crippen LogP contribution in [0.5, 0.6) is 0 Å². The van der Waals surface area contributed by atoms with Crippen LogP contribution in [0.25, 0.3) is 10.1 Å². The van der Waals surface area contributed by atoms with Gasteiger partial charge in [0, 0.05) is 18.3 Å². The summed E-state index contributed by atoms with van der Waals surface area (Å²) in [4.78, 5) is 12.7. The predicted molar refractivity (Wildman–Crippen MR) is 107 cm³/mol. The number of anilines is 1. The van der Waals surface area contributed by atoms with Crippen molar-refractivity contribution >= 4 is 43.0 Å². The Morgan fingerprint density at radius 2 is 1.81 bits per heavy atom. The number of rotatable bonds is 5. The van der Waals surface area contributed by atoms with Crippen LogP contribution in [0.15, 0.2) is 53.4 Å². The average molecular weight is 389 g/mol. The average Bonchev–Trinajstić information content (AvgIpc) is 3.05. The zero-order valence-corrected chi connectivity index (χ0v) is 16.4. The van der Waals surface area contributed by atoms with Gasteiger partial charge in [0.25, 0.3) is 15.9 Å². The summed E-state index contributed by atoms with van der Waals surface area (Å²) in [6, 6.07) is 14.1. The Hall–Kier alpha value is -2.38. The number of fused-ring (bicyclic) bond motifs is 1. The quantitative estimate of drug-likeness (QED) is 0.723. The third kappa shape index (κ3) is 3.32. The van der Waals surface area contributed by atoms with Gasteiger partial charge in [-0.2, -0.15) is 0 Å². The van der Waals surface area contributed by atoms with Crippen LogP contribution in [0, 0.1) is 6.92 Å². The molecule has 3 rings (SSSR count). The van der Waals surface area contributed by atoms with Crippen molar-refractivity contribution in [2.45, 2.75) is 18.7 Å². The van der Waals surface area contributed by atoms with E-state index < -0.39 is 10.0 Å². The number of aryl methyl sites for hydroxylation is 1. The number of nitrogens with zero attached hydrogens (tertiary/aromatic N) is 1. The van der Waals surface area contributed by atoms with Gasteiger partial charge in [-0.05, 0) is 55.6 Å². The Balaban J connectivity index is 2.04. The highest BCUT2D eigenvalue weighted by atomic mass is 32.2. The lowest BCUT2D eigenvalue weighted by atomic mass is 10.2. The smallest absolute Gasteiger partial charge is 0.264 e. The lowest BCUT2D eigenvalue weighted by Gasteiger charge is -2.23. The summed E-state index contributed by atoms with van der Waals surface area (Å²) in [6.45, 7) is 4.04. The first-order valence-corrected chi connectivity index (χ1v) is 10.5. The highest BCUT2D eigenvalue weighted by molar-refractivity contribution is 7.92. The van der Waals surface area contributed by atoms with Crippen LogP contribution < -0.4 is 9.62 Å². The van der Waals surface area contributed by atoms with Gasteiger partial charge in [-0.3, -0.25) is 9.10 Å². The fourth-order valence-electron chi connectivity index (χ4n) is 2.75. The van der Waals surface area contributed by atoms with Gasteiger partial charge in [0.15, 0.2) is 0 Å². The maximum Gasteiger partial charge on any atom is 0.264 e. The third-order valence-corrected chi connectivity index (χ3v) is 7.17. The van der Waals surface area contributed by atoms with Crippen molar-refractivity contribution in [1.82, 2.24) is 5.32 Å². The maximum absolute atomic E-state index is 13.0. The number of hydrogen-bond acceptors (Lipinski definition) is 4. The minimum absolute atomic E-state index is 0.146. The predicted octanol–water partition coefficient (Wildman–Crippen LogP) is 3.78. The largest absolute Gasteiger partial charge is 0.354 e. The number of thiophene rings is 1. The number of sulfonamides is 1. The van der Waals surface area contributed by atoms with E-state index in [-0.39, 0.29) is 10.8 Å². The molecular formula is C19H20N2O3S2. The highest BCUT2D eigenvalue weighted by Gasteiger charge is 2.24. The van der Waals surface area contributed by atoms with Crippen molar-refractivity contribution in [2.75, 3.05) is 17.9 Å². The van der Waals surface area contributed by atoms with Gasteiger partial charge in [-0.1, -0.05) is 17.7 Å². The Kier molecular flexibility index (Phi) is 5.02. The van der Waals surface area contributed by atoms with E-state index in [0.717, 1.165) is 15.6 Å². The second-order valence-electron chi connectivity index (χ2n) is 5.89. The zero-order chi connectivity index (χ0) is 18.9. The van der Waals surface area contributed by atoms with Crippen molar-refractivity contribution in [2.24, 2.45) is 0 Å². The molecule has 26 heavy (non-hydrogen) atoms. The fourth-order valence-corrected chi connectivity index (χ4v) is 5.20. The Labute approximate surface area is 157 Å². The molecule has 0 fully saturated rings. The summed E-state index contributed by atoms with van der Waals surface area (Å²) >= 11 is 1.38. The summed E-state index contributed by atoms with van der Waals surface area (Å²) in [5, 5.41) is 3.46. The van der Waals surface area contributed by atoms with Gasteiger partial charge >= 0.3 is 0 Å². The molecule has 0 aliphatic rings. The van der Waals surface area contributed by atoms with Crippen molar-refractivity contribution in [3.8, 4) is 0 Å². The van der Waals surface area contributed by atoms with Crippen molar-refractivity contribution in [1.29, 1.82) is 0 Å². The number of carbonyl (C=O) groups excluding carboxylic acids is 1. The number of hydrogen-bond donors (Lipinski definition) is 1. The van der Waals surface area contributed by atoms with E-state index in [9.17, 15) is 13.2 Å². The number of carbonyl (C=O) groups is 1. The summed E-state index contributed by atoms with van der Waals surface area (Å²) in [5.74, 6) is -0.146. The Bertz CT molecular complexity index is 1050. The van der Waals surface area contributed by atoms with Crippen LogP contribution in [0.1, 0.15) is 22.2 Å². The molecule has 1 heterocycles. The first-order chi connectivity index (χ1) is 12.4. The first kappa shape index (κ1) is 18.4. The second-order valence-corrected chi connectivity index (χ2v) is 8.84. The topological polar surface area (TPSA) is 66.5 Å². The normalized spacial score (nSPS) is 11.5. The van der Waals surface area contributed by atoms with E-state index in [1.54, 1.807) is 50.4 Å². The van der Waals surface area contributed by atoms with Crippen molar-refractivity contribution < 1.29 is 13.2 Å². The van der Waals surface area contributed by atoms with Gasteiger partial charge in [0.2, 0.25) is 0 Å². The van der Waals surface area contributed by atoms with Crippen LogP contribution in [0.4, 0.5) is 5.69 Å². The van der Waals surface area contributed by atoms with Crippen LogP contribution in [0.2, 0.25) is 0 Å². The van der Waals surface area contributed by atoms with E-state index in [2.05, 4.69) is 5.32 Å². The number of nitrogens with one attached hydrogen (secondary N) is 1. The van der Waals surface area contributed by atoms with E-state index in [0.29, 0.717) is 17.1 Å². The standard InChI is InChI=1S/C19H20N2O3S2/c1-4-21(26(23,24)16-8-5-13(2)6-9-16)15-7-10-17-14(11-15)12-18(25-17)19(22)20-3/h5-12H,4H2,1-3H3,(H,20,22). The van der Waals surface area contributed by atoms with E-state index >= 15 is 0 Å². The third-order valence-electron chi connectivity index (χ3n) is 4.13. The van der Waals surface area contributed by atoms with Crippen LogP contribution >= 0.6 is 11.3 Å². The van der Waals surface area contributed by atoms with Crippen molar-refractivity contribution in [3.05, 3.63) is 59.0 Å². The number of amides is 1. The Morgan fingerprint density at radius 3 is 2.42 bits per heavy atom.